The van der Waals surface area contributed by atoms with E-state index in [9.17, 15) is 34.9 Å². The first-order valence-corrected chi connectivity index (χ1v) is 6.42. The summed E-state index contributed by atoms with van der Waals surface area (Å²) in [6.45, 7) is 1.02. The van der Waals surface area contributed by atoms with Crippen LogP contribution >= 0.6 is 12.6 Å². The molecule has 0 aliphatic carbocycles. The molecule has 0 aliphatic rings. The van der Waals surface area contributed by atoms with Crippen molar-refractivity contribution in [3.8, 4) is 0 Å². The molecule has 0 saturated heterocycles. The topological polar surface area (TPSA) is 156 Å². The first kappa shape index (κ1) is 18.2. The number of hydrogen-bond acceptors (Lipinski definition) is 8. The number of aliphatic carboxylic acids is 1. The van der Waals surface area contributed by atoms with Gasteiger partial charge in [0.2, 0.25) is 5.91 Å². The van der Waals surface area contributed by atoms with Crippen LogP contribution in [0.5, 0.6) is 0 Å². The summed E-state index contributed by atoms with van der Waals surface area (Å²) in [5.74, 6) is -2.69. The number of carboxylic acids is 1. The Morgan fingerprint density at radius 3 is 2.09 bits per heavy atom. The third kappa shape index (κ3) is 3.66. The Morgan fingerprint density at radius 1 is 1.26 bits per heavy atom. The highest BCUT2D eigenvalue weighted by Gasteiger charge is 2.67. The van der Waals surface area contributed by atoms with Crippen LogP contribution in [0.1, 0.15) is 6.92 Å². The van der Waals surface area contributed by atoms with Crippen LogP contribution in [0, 0.1) is 20.2 Å². The van der Waals surface area contributed by atoms with Gasteiger partial charge < -0.3 is 5.11 Å². The first-order valence-electron chi connectivity index (χ1n) is 5.98. The van der Waals surface area contributed by atoms with Crippen LogP contribution in [0.15, 0.2) is 30.3 Å². The zero-order valence-corrected chi connectivity index (χ0v) is 12.5. The first-order chi connectivity index (χ1) is 10.6. The fourth-order valence-electron chi connectivity index (χ4n) is 1.75. The van der Waals surface area contributed by atoms with Gasteiger partial charge in [-0.1, -0.05) is 18.2 Å². The van der Waals surface area contributed by atoms with Crippen LogP contribution in [0.3, 0.4) is 0 Å². The van der Waals surface area contributed by atoms with Gasteiger partial charge in [0.15, 0.2) is 0 Å². The molecular weight excluding hydrogens is 332 g/mol. The van der Waals surface area contributed by atoms with Crippen molar-refractivity contribution in [2.45, 2.75) is 18.0 Å². The highest BCUT2D eigenvalue weighted by atomic mass is 32.1. The molecule has 0 bridgehead atoms. The number of para-hydroxylation sites is 1. The normalized spacial score (nSPS) is 12.1. The molecule has 0 heterocycles. The van der Waals surface area contributed by atoms with E-state index in [0.29, 0.717) is 5.01 Å². The maximum Gasteiger partial charge on any atom is 0.535 e. The van der Waals surface area contributed by atoms with E-state index in [-0.39, 0.29) is 5.69 Å². The third-order valence-corrected chi connectivity index (χ3v) is 3.28. The van der Waals surface area contributed by atoms with Crippen LogP contribution in [0.25, 0.3) is 0 Å². The lowest BCUT2D eigenvalue weighted by Crippen LogP contribution is -2.66. The summed E-state index contributed by atoms with van der Waals surface area (Å²) < 4.78 is 0. The molecular formula is C11H12N4O7S. The Kier molecular flexibility index (Phi) is 5.46. The lowest BCUT2D eigenvalue weighted by Gasteiger charge is -2.31. The second-order valence-electron chi connectivity index (χ2n) is 4.32. The van der Waals surface area contributed by atoms with Crippen molar-refractivity contribution in [2.24, 2.45) is 0 Å². The van der Waals surface area contributed by atoms with Gasteiger partial charge in [0.05, 0.1) is 5.69 Å². The summed E-state index contributed by atoms with van der Waals surface area (Å²) in [6.07, 6.45) is 0. The van der Waals surface area contributed by atoms with E-state index in [1.165, 1.54) is 24.3 Å². The summed E-state index contributed by atoms with van der Waals surface area (Å²) in [5, 5.41) is 32.1. The molecule has 12 heteroatoms. The largest absolute Gasteiger partial charge is 0.535 e. The zero-order valence-electron chi connectivity index (χ0n) is 11.6. The van der Waals surface area contributed by atoms with Crippen molar-refractivity contribution in [3.05, 3.63) is 50.6 Å². The van der Waals surface area contributed by atoms with E-state index in [4.69, 9.17) is 0 Å². The van der Waals surface area contributed by atoms with Crippen molar-refractivity contribution >= 4 is 30.2 Å². The summed E-state index contributed by atoms with van der Waals surface area (Å²) in [4.78, 5) is 38.8. The van der Waals surface area contributed by atoms with Gasteiger partial charge in [-0.2, -0.15) is 0 Å². The number of nitrogens with one attached hydrogen (secondary N) is 1. The average molecular weight is 344 g/mol. The van der Waals surface area contributed by atoms with Crippen LogP contribution in [-0.2, 0) is 9.59 Å². The highest BCUT2D eigenvalue weighted by molar-refractivity contribution is 7.81. The number of thiol groups is 1. The minimum Gasteiger partial charge on any atom is -0.479 e. The van der Waals surface area contributed by atoms with Crippen molar-refractivity contribution in [2.75, 3.05) is 5.01 Å². The predicted molar refractivity (Wildman–Crippen MR) is 79.9 cm³/mol. The molecule has 124 valence electrons. The maximum atomic E-state index is 11.5. The van der Waals surface area contributed by atoms with Crippen LogP contribution in [0.2, 0.25) is 0 Å². The van der Waals surface area contributed by atoms with Crippen molar-refractivity contribution < 1.29 is 24.5 Å². The van der Waals surface area contributed by atoms with Gasteiger partial charge in [-0.05, 0) is 24.8 Å². The smallest absolute Gasteiger partial charge is 0.479 e. The zero-order chi connectivity index (χ0) is 17.8. The quantitative estimate of drug-likeness (QED) is 0.273. The van der Waals surface area contributed by atoms with Gasteiger partial charge in [-0.3, -0.25) is 35.5 Å². The summed E-state index contributed by atoms with van der Waals surface area (Å²) in [6, 6.07) is 4.71. The highest BCUT2D eigenvalue weighted by Crippen LogP contribution is 2.28. The number of anilines is 1. The second-order valence-corrected chi connectivity index (χ2v) is 4.97. The van der Waals surface area contributed by atoms with E-state index >= 15 is 0 Å². The van der Waals surface area contributed by atoms with Crippen molar-refractivity contribution in [1.82, 2.24) is 5.43 Å². The molecule has 0 unspecified atom stereocenters. The number of carbonyl (C=O) groups is 2. The molecule has 23 heavy (non-hydrogen) atoms. The Balaban J connectivity index is 3.54. The lowest BCUT2D eigenvalue weighted by atomic mass is 10.2. The van der Waals surface area contributed by atoms with E-state index in [1.54, 1.807) is 6.07 Å². The SMILES string of the molecule is CC(=O)NN(c1ccccc1)[C@H](C(=O)O)C(S)([N+](=O)[O-])[N+](=O)[O-]. The summed E-state index contributed by atoms with van der Waals surface area (Å²) >= 11 is 3.38. The van der Waals surface area contributed by atoms with E-state index in [0.717, 1.165) is 6.92 Å². The van der Waals surface area contributed by atoms with Crippen LogP contribution < -0.4 is 10.4 Å². The fraction of sp³-hybridized carbons (Fsp3) is 0.273. The number of benzene rings is 1. The summed E-state index contributed by atoms with van der Waals surface area (Å²) in [5.41, 5.74) is 2.05. The summed E-state index contributed by atoms with van der Waals surface area (Å²) in [7, 11) is 0. The molecule has 0 fully saturated rings. The molecule has 1 aromatic carbocycles. The average Bonchev–Trinajstić information content (AvgIpc) is 2.45. The van der Waals surface area contributed by atoms with Gasteiger partial charge in [0.1, 0.15) is 9.85 Å². The number of carboxylic acid groups (broad SMARTS) is 1. The van der Waals surface area contributed by atoms with Crippen LogP contribution in [-0.4, -0.2) is 37.9 Å². The minimum absolute atomic E-state index is 0.00257. The van der Waals surface area contributed by atoms with Gasteiger partial charge in [0, 0.05) is 6.92 Å². The molecule has 0 aromatic heterocycles. The van der Waals surface area contributed by atoms with Gasteiger partial charge in [-0.15, -0.1) is 0 Å². The minimum atomic E-state index is -3.40. The number of amides is 1. The third-order valence-electron chi connectivity index (χ3n) is 2.71. The Hall–Kier alpha value is -2.89. The number of hydrogen-bond donors (Lipinski definition) is 3. The van der Waals surface area contributed by atoms with Crippen LogP contribution in [0.4, 0.5) is 5.69 Å². The van der Waals surface area contributed by atoms with Gasteiger partial charge in [-0.25, -0.2) is 4.79 Å². The number of nitro groups is 2. The molecule has 0 radical (unpaired) electrons. The van der Waals surface area contributed by atoms with Gasteiger partial charge in [0.25, 0.3) is 6.04 Å². The fourth-order valence-corrected chi connectivity index (χ4v) is 1.98. The molecule has 11 nitrogen and oxygen atoms in total. The lowest BCUT2D eigenvalue weighted by molar-refractivity contribution is -0.761. The second kappa shape index (κ2) is 6.91. The molecule has 0 saturated carbocycles. The maximum absolute atomic E-state index is 11.5. The number of carbonyl (C=O) groups excluding carboxylic acids is 1. The molecule has 1 rings (SSSR count). The predicted octanol–water partition coefficient (Wildman–Crippen LogP) is 0.134. The molecule has 1 atom stereocenters. The number of hydrazine groups is 1. The van der Waals surface area contributed by atoms with E-state index in [2.05, 4.69) is 12.6 Å². The Labute approximate surface area is 134 Å². The number of rotatable bonds is 7. The van der Waals surface area contributed by atoms with Crippen molar-refractivity contribution in [1.29, 1.82) is 0 Å². The Bertz CT molecular complexity index is 625. The molecule has 2 N–H and O–H groups in total. The van der Waals surface area contributed by atoms with E-state index in [1.807, 2.05) is 5.43 Å². The Morgan fingerprint density at radius 2 is 1.74 bits per heavy atom. The van der Waals surface area contributed by atoms with Crippen molar-refractivity contribution in [3.63, 3.8) is 0 Å². The molecule has 0 aliphatic heterocycles. The van der Waals surface area contributed by atoms with Gasteiger partial charge >= 0.3 is 11.0 Å². The molecule has 1 aromatic rings. The monoisotopic (exact) mass is 344 g/mol. The molecule has 0 spiro atoms. The van der Waals surface area contributed by atoms with E-state index < -0.39 is 32.8 Å². The number of nitrogens with zero attached hydrogens (tertiary/aromatic N) is 3. The standard InChI is InChI=1S/C11H12N4O7S/c1-7(16)12-13(8-5-3-2-4-6-8)9(10(17)18)11(23,14(19)20)15(21)22/h2-6,9,23H,1H3,(H,12,16)(H,17,18)/t9-/m1/s1. The molecule has 1 amide bonds.